The molecule has 0 unspecified atom stereocenters. The van der Waals surface area contributed by atoms with E-state index in [2.05, 4.69) is 20.6 Å². The monoisotopic (exact) mass is 527 g/mol. The highest BCUT2D eigenvalue weighted by molar-refractivity contribution is 6.30. The smallest absolute Gasteiger partial charge is 0.442 e. The number of ether oxygens (including phenoxy) is 1. The summed E-state index contributed by atoms with van der Waals surface area (Å²) in [5, 5.41) is 6.38. The van der Waals surface area contributed by atoms with Gasteiger partial charge in [0.25, 0.3) is 5.91 Å². The Bertz CT molecular complexity index is 1090. The van der Waals surface area contributed by atoms with Crippen LogP contribution in [-0.2, 0) is 14.3 Å². The molecule has 1 heterocycles. The standard InChI is InChI=1S/C24H29ClF3N5O3/c1-14-13-29-22(32-19(14)33(3)4)31-18-9-11-23(12-10-18,36-21(35)24(26,27)28)20(34)30-15(2)16-5-7-17(25)8-6-16/h5-8,13,15,18H,9-12H2,1-4H3,(H,30,34)(H,29,31,32)/t15-,18?,23?/m0/s1. The van der Waals surface area contributed by atoms with Gasteiger partial charge in [0.2, 0.25) is 5.95 Å². The number of nitrogens with one attached hydrogen (secondary N) is 2. The summed E-state index contributed by atoms with van der Waals surface area (Å²) >= 11 is 5.90. The first kappa shape index (κ1) is 27.5. The van der Waals surface area contributed by atoms with Crippen molar-refractivity contribution in [2.75, 3.05) is 24.3 Å². The van der Waals surface area contributed by atoms with E-state index in [1.807, 2.05) is 25.9 Å². The number of benzene rings is 1. The summed E-state index contributed by atoms with van der Waals surface area (Å²) < 4.78 is 44.0. The van der Waals surface area contributed by atoms with Gasteiger partial charge in [-0.2, -0.15) is 18.2 Å². The van der Waals surface area contributed by atoms with Gasteiger partial charge >= 0.3 is 12.1 Å². The molecule has 1 aromatic carbocycles. The van der Waals surface area contributed by atoms with Gasteiger partial charge in [0.15, 0.2) is 5.60 Å². The van der Waals surface area contributed by atoms with E-state index in [1.54, 1.807) is 37.4 Å². The molecule has 196 valence electrons. The molecule has 0 aliphatic heterocycles. The minimum atomic E-state index is -5.22. The van der Waals surface area contributed by atoms with Crippen LogP contribution in [0.2, 0.25) is 5.02 Å². The molecule has 2 N–H and O–H groups in total. The molecule has 0 radical (unpaired) electrons. The second kappa shape index (κ2) is 10.9. The molecule has 0 bridgehead atoms. The number of nitrogens with zero attached hydrogens (tertiary/aromatic N) is 3. The first-order valence-corrected chi connectivity index (χ1v) is 11.8. The third kappa shape index (κ3) is 6.57. The Morgan fingerprint density at radius 2 is 1.81 bits per heavy atom. The third-order valence-electron chi connectivity index (χ3n) is 6.15. The number of hydrogen-bond donors (Lipinski definition) is 2. The minimum absolute atomic E-state index is 0.0991. The molecule has 0 saturated heterocycles. The van der Waals surface area contributed by atoms with Crippen LogP contribution in [0.3, 0.4) is 0 Å². The minimum Gasteiger partial charge on any atom is -0.442 e. The normalized spacial score (nSPS) is 20.8. The van der Waals surface area contributed by atoms with E-state index in [-0.39, 0.29) is 31.7 Å². The number of amides is 1. The lowest BCUT2D eigenvalue weighted by molar-refractivity contribution is -0.217. The Labute approximate surface area is 212 Å². The third-order valence-corrected chi connectivity index (χ3v) is 6.40. The molecular formula is C24H29ClF3N5O3. The van der Waals surface area contributed by atoms with Crippen molar-refractivity contribution in [3.63, 3.8) is 0 Å². The first-order chi connectivity index (χ1) is 16.8. The quantitative estimate of drug-likeness (QED) is 0.509. The molecule has 1 saturated carbocycles. The molecule has 36 heavy (non-hydrogen) atoms. The van der Waals surface area contributed by atoms with Gasteiger partial charge in [0, 0.05) is 36.9 Å². The molecule has 0 spiro atoms. The summed E-state index contributed by atoms with van der Waals surface area (Å²) in [5.74, 6) is -2.06. The van der Waals surface area contributed by atoms with E-state index >= 15 is 0 Å². The molecule has 1 aliphatic carbocycles. The molecule has 1 atom stereocenters. The van der Waals surface area contributed by atoms with Crippen LogP contribution >= 0.6 is 11.6 Å². The van der Waals surface area contributed by atoms with Crippen LogP contribution in [0.25, 0.3) is 0 Å². The first-order valence-electron chi connectivity index (χ1n) is 11.4. The number of aromatic nitrogens is 2. The van der Waals surface area contributed by atoms with Crippen molar-refractivity contribution in [3.8, 4) is 0 Å². The second-order valence-corrected chi connectivity index (χ2v) is 9.58. The zero-order valence-corrected chi connectivity index (χ0v) is 21.2. The van der Waals surface area contributed by atoms with Crippen molar-refractivity contribution in [2.45, 2.75) is 63.4 Å². The number of hydrogen-bond acceptors (Lipinski definition) is 7. The number of aryl methyl sites for hydroxylation is 1. The number of rotatable bonds is 7. The molecule has 3 rings (SSSR count). The van der Waals surface area contributed by atoms with Crippen molar-refractivity contribution < 1.29 is 27.5 Å². The van der Waals surface area contributed by atoms with Gasteiger partial charge < -0.3 is 20.3 Å². The van der Waals surface area contributed by atoms with E-state index in [9.17, 15) is 22.8 Å². The van der Waals surface area contributed by atoms with Crippen LogP contribution in [0.15, 0.2) is 30.5 Å². The van der Waals surface area contributed by atoms with Crippen molar-refractivity contribution in [1.82, 2.24) is 15.3 Å². The maximum absolute atomic E-state index is 13.2. The summed E-state index contributed by atoms with van der Waals surface area (Å²) in [7, 11) is 3.71. The Hall–Kier alpha value is -3.08. The molecule has 1 fully saturated rings. The van der Waals surface area contributed by atoms with E-state index in [0.29, 0.717) is 16.5 Å². The fourth-order valence-electron chi connectivity index (χ4n) is 4.14. The fraction of sp³-hybridized carbons (Fsp3) is 0.500. The van der Waals surface area contributed by atoms with Crippen molar-refractivity contribution in [1.29, 1.82) is 0 Å². The van der Waals surface area contributed by atoms with Crippen LogP contribution < -0.4 is 15.5 Å². The summed E-state index contributed by atoms with van der Waals surface area (Å²) in [5.41, 5.74) is -0.360. The van der Waals surface area contributed by atoms with Crippen molar-refractivity contribution in [2.24, 2.45) is 0 Å². The van der Waals surface area contributed by atoms with E-state index in [4.69, 9.17) is 16.3 Å². The molecule has 2 aromatic rings. The highest BCUT2D eigenvalue weighted by Crippen LogP contribution is 2.36. The van der Waals surface area contributed by atoms with E-state index in [0.717, 1.165) is 11.4 Å². The van der Waals surface area contributed by atoms with Crippen molar-refractivity contribution >= 4 is 35.2 Å². The van der Waals surface area contributed by atoms with Gasteiger partial charge in [-0.1, -0.05) is 23.7 Å². The summed E-state index contributed by atoms with van der Waals surface area (Å²) in [6.45, 7) is 3.57. The number of halogens is 4. The van der Waals surface area contributed by atoms with Crippen LogP contribution in [0.4, 0.5) is 24.9 Å². The summed E-state index contributed by atoms with van der Waals surface area (Å²) in [6, 6.07) is 5.92. The Balaban J connectivity index is 1.75. The molecule has 8 nitrogen and oxygen atoms in total. The number of carbonyl (C=O) groups excluding carboxylic acids is 2. The lowest BCUT2D eigenvalue weighted by Crippen LogP contribution is -2.55. The van der Waals surface area contributed by atoms with Gasteiger partial charge in [-0.05, 0) is 57.2 Å². The molecule has 12 heteroatoms. The predicted octanol–water partition coefficient (Wildman–Crippen LogP) is 4.58. The lowest BCUT2D eigenvalue weighted by Gasteiger charge is -2.39. The van der Waals surface area contributed by atoms with Crippen LogP contribution in [-0.4, -0.2) is 53.8 Å². The summed E-state index contributed by atoms with van der Waals surface area (Å²) in [4.78, 5) is 35.6. The number of anilines is 2. The highest BCUT2D eigenvalue weighted by Gasteiger charge is 2.51. The Morgan fingerprint density at radius 3 is 2.36 bits per heavy atom. The number of carbonyl (C=O) groups is 2. The Morgan fingerprint density at radius 1 is 1.19 bits per heavy atom. The second-order valence-electron chi connectivity index (χ2n) is 9.14. The number of esters is 1. The average molecular weight is 528 g/mol. The Kier molecular flexibility index (Phi) is 8.33. The maximum atomic E-state index is 13.2. The molecule has 1 aliphatic rings. The zero-order chi connectivity index (χ0) is 26.7. The highest BCUT2D eigenvalue weighted by atomic mass is 35.5. The van der Waals surface area contributed by atoms with Crippen molar-refractivity contribution in [3.05, 3.63) is 46.6 Å². The molecule has 1 amide bonds. The van der Waals surface area contributed by atoms with E-state index < -0.39 is 29.7 Å². The zero-order valence-electron chi connectivity index (χ0n) is 20.4. The molecule has 1 aromatic heterocycles. The lowest BCUT2D eigenvalue weighted by atomic mass is 9.81. The fourth-order valence-corrected chi connectivity index (χ4v) is 4.27. The SMILES string of the molecule is Cc1cnc(NC2CCC(OC(=O)C(F)(F)F)(C(=O)N[C@@H](C)c3ccc(Cl)cc3)CC2)nc1N(C)C. The number of alkyl halides is 3. The topological polar surface area (TPSA) is 96.5 Å². The van der Waals surface area contributed by atoms with Gasteiger partial charge in [-0.25, -0.2) is 9.78 Å². The van der Waals surface area contributed by atoms with Crippen LogP contribution in [0, 0.1) is 6.92 Å². The average Bonchev–Trinajstić information content (AvgIpc) is 2.81. The van der Waals surface area contributed by atoms with Crippen LogP contribution in [0.5, 0.6) is 0 Å². The van der Waals surface area contributed by atoms with Gasteiger partial charge in [0.05, 0.1) is 6.04 Å². The largest absolute Gasteiger partial charge is 0.490 e. The van der Waals surface area contributed by atoms with Gasteiger partial charge in [-0.3, -0.25) is 4.79 Å². The van der Waals surface area contributed by atoms with E-state index in [1.165, 1.54) is 0 Å². The molecular weight excluding hydrogens is 499 g/mol. The maximum Gasteiger partial charge on any atom is 0.490 e. The van der Waals surface area contributed by atoms with Gasteiger partial charge in [0.1, 0.15) is 5.82 Å². The predicted molar refractivity (Wildman–Crippen MR) is 130 cm³/mol. The summed E-state index contributed by atoms with van der Waals surface area (Å²) in [6.07, 6.45) is -3.21. The van der Waals surface area contributed by atoms with Crippen LogP contribution in [0.1, 0.15) is 49.8 Å². The van der Waals surface area contributed by atoms with Gasteiger partial charge in [-0.15, -0.1) is 0 Å².